The number of nitro groups is 1. The highest BCUT2D eigenvalue weighted by atomic mass is 16.6. The van der Waals surface area contributed by atoms with E-state index in [0.29, 0.717) is 18.4 Å². The molecule has 0 N–H and O–H groups in total. The van der Waals surface area contributed by atoms with Gasteiger partial charge in [-0.1, -0.05) is 42.5 Å². The van der Waals surface area contributed by atoms with Gasteiger partial charge in [0.2, 0.25) is 0 Å². The highest BCUT2D eigenvalue weighted by Gasteiger charge is 2.61. The number of esters is 1. The van der Waals surface area contributed by atoms with Gasteiger partial charge in [-0.15, -0.1) is 0 Å². The van der Waals surface area contributed by atoms with Gasteiger partial charge in [-0.05, 0) is 66.9 Å². The standard InChI is InChI=1S/C24H25NO4/c26-22(29-15-17-4-2-1-3-5-17)24-13-18-10-19(14-24)12-23(11-18,16-24)20-6-8-21(9-7-20)25(27)28/h1-9,18-19H,10-16H2. The lowest BCUT2D eigenvalue weighted by molar-refractivity contribution is -0.384. The maximum absolute atomic E-state index is 13.3. The van der Waals surface area contributed by atoms with Crippen molar-refractivity contribution in [1.82, 2.24) is 0 Å². The Morgan fingerprint density at radius 2 is 1.66 bits per heavy atom. The third-order valence-electron chi connectivity index (χ3n) is 7.40. The number of ether oxygens (including phenoxy) is 1. The SMILES string of the molecule is O=C(OCc1ccccc1)C12CC3CC(C1)CC(c1ccc([N+](=O)[O-])cc1)(C3)C2. The lowest BCUT2D eigenvalue weighted by Crippen LogP contribution is -2.57. The molecule has 2 unspecified atom stereocenters. The molecule has 4 saturated carbocycles. The van der Waals surface area contributed by atoms with Crippen LogP contribution in [0.4, 0.5) is 5.69 Å². The number of non-ortho nitro benzene ring substituents is 1. The number of nitrogens with zero attached hydrogens (tertiary/aromatic N) is 1. The van der Waals surface area contributed by atoms with Gasteiger partial charge in [0.25, 0.3) is 5.69 Å². The molecule has 4 aliphatic carbocycles. The maximum atomic E-state index is 13.3. The van der Waals surface area contributed by atoms with Crippen LogP contribution in [0.25, 0.3) is 0 Å². The van der Waals surface area contributed by atoms with Crippen LogP contribution in [0, 0.1) is 27.4 Å². The second-order valence-electron chi connectivity index (χ2n) is 9.39. The Labute approximate surface area is 170 Å². The minimum atomic E-state index is -0.402. The number of carbonyl (C=O) groups excluding carboxylic acids is 1. The Balaban J connectivity index is 1.40. The number of nitro benzene ring substituents is 1. The van der Waals surface area contributed by atoms with Crippen LogP contribution in [-0.2, 0) is 21.6 Å². The van der Waals surface area contributed by atoms with Gasteiger partial charge in [0, 0.05) is 12.1 Å². The van der Waals surface area contributed by atoms with Crippen LogP contribution < -0.4 is 0 Å². The molecule has 0 spiro atoms. The molecule has 0 radical (unpaired) electrons. The molecule has 150 valence electrons. The molecule has 0 aliphatic heterocycles. The highest BCUT2D eigenvalue weighted by Crippen LogP contribution is 2.66. The van der Waals surface area contributed by atoms with Crippen LogP contribution >= 0.6 is 0 Å². The molecule has 5 heteroatoms. The smallest absolute Gasteiger partial charge is 0.312 e. The Morgan fingerprint density at radius 3 is 2.28 bits per heavy atom. The normalized spacial score (nSPS) is 32.1. The number of carbonyl (C=O) groups is 1. The average Bonchev–Trinajstić information content (AvgIpc) is 2.72. The molecule has 5 nitrogen and oxygen atoms in total. The van der Waals surface area contributed by atoms with E-state index in [1.165, 1.54) is 6.42 Å². The van der Waals surface area contributed by atoms with Gasteiger partial charge in [-0.3, -0.25) is 14.9 Å². The van der Waals surface area contributed by atoms with Crippen molar-refractivity contribution in [3.05, 3.63) is 75.8 Å². The van der Waals surface area contributed by atoms with Crippen molar-refractivity contribution >= 4 is 11.7 Å². The van der Waals surface area contributed by atoms with E-state index in [0.717, 1.165) is 43.2 Å². The second kappa shape index (κ2) is 6.68. The molecule has 29 heavy (non-hydrogen) atoms. The topological polar surface area (TPSA) is 69.4 Å². The summed E-state index contributed by atoms with van der Waals surface area (Å²) in [4.78, 5) is 24.0. The summed E-state index contributed by atoms with van der Waals surface area (Å²) in [7, 11) is 0. The van der Waals surface area contributed by atoms with Crippen molar-refractivity contribution in [2.45, 2.75) is 50.5 Å². The van der Waals surface area contributed by atoms with E-state index < -0.39 is 5.41 Å². The van der Waals surface area contributed by atoms with E-state index in [1.807, 2.05) is 42.5 Å². The van der Waals surface area contributed by atoms with Gasteiger partial charge in [-0.2, -0.15) is 0 Å². The first-order valence-corrected chi connectivity index (χ1v) is 10.4. The Hall–Kier alpha value is -2.69. The third-order valence-corrected chi connectivity index (χ3v) is 7.40. The Bertz CT molecular complexity index is 923. The van der Waals surface area contributed by atoms with E-state index in [1.54, 1.807) is 12.1 Å². The fourth-order valence-electron chi connectivity index (χ4n) is 6.65. The minimum absolute atomic E-state index is 0.0506. The van der Waals surface area contributed by atoms with Gasteiger partial charge in [0.05, 0.1) is 10.3 Å². The molecule has 4 bridgehead atoms. The fourth-order valence-corrected chi connectivity index (χ4v) is 6.65. The van der Waals surface area contributed by atoms with E-state index in [4.69, 9.17) is 4.74 Å². The lowest BCUT2D eigenvalue weighted by atomic mass is 9.43. The molecule has 0 saturated heterocycles. The summed E-state index contributed by atoms with van der Waals surface area (Å²) < 4.78 is 5.82. The Morgan fingerprint density at radius 1 is 1.00 bits per heavy atom. The Kier molecular flexibility index (Phi) is 4.23. The number of benzene rings is 2. The van der Waals surface area contributed by atoms with Gasteiger partial charge in [0.15, 0.2) is 0 Å². The first-order chi connectivity index (χ1) is 14.0. The van der Waals surface area contributed by atoms with E-state index >= 15 is 0 Å². The molecule has 0 aromatic heterocycles. The second-order valence-corrected chi connectivity index (χ2v) is 9.39. The van der Waals surface area contributed by atoms with Crippen molar-refractivity contribution in [1.29, 1.82) is 0 Å². The van der Waals surface area contributed by atoms with Crippen molar-refractivity contribution < 1.29 is 14.5 Å². The van der Waals surface area contributed by atoms with Crippen molar-refractivity contribution in [2.75, 3.05) is 0 Å². The van der Waals surface area contributed by atoms with Crippen LogP contribution in [0.15, 0.2) is 54.6 Å². The fraction of sp³-hybridized carbons (Fsp3) is 0.458. The first kappa shape index (κ1) is 18.3. The van der Waals surface area contributed by atoms with Crippen LogP contribution in [0.2, 0.25) is 0 Å². The van der Waals surface area contributed by atoms with Crippen molar-refractivity contribution in [2.24, 2.45) is 17.3 Å². The zero-order valence-electron chi connectivity index (χ0n) is 16.4. The number of hydrogen-bond acceptors (Lipinski definition) is 4. The first-order valence-electron chi connectivity index (χ1n) is 10.4. The maximum Gasteiger partial charge on any atom is 0.312 e. The predicted molar refractivity (Wildman–Crippen MR) is 108 cm³/mol. The van der Waals surface area contributed by atoms with Crippen molar-refractivity contribution in [3.8, 4) is 0 Å². The summed E-state index contributed by atoms with van der Waals surface area (Å²) in [5.41, 5.74) is 1.83. The lowest BCUT2D eigenvalue weighted by Gasteiger charge is -2.61. The summed E-state index contributed by atoms with van der Waals surface area (Å²) in [6.07, 6.45) is 6.00. The van der Waals surface area contributed by atoms with E-state index in [-0.39, 0.29) is 22.0 Å². The summed E-state index contributed by atoms with van der Waals surface area (Å²) in [5, 5.41) is 11.0. The molecule has 0 amide bonds. The molecule has 0 heterocycles. The van der Waals surface area contributed by atoms with Gasteiger partial charge in [0.1, 0.15) is 6.61 Å². The van der Waals surface area contributed by atoms with Crippen LogP contribution in [0.5, 0.6) is 0 Å². The van der Waals surface area contributed by atoms with Crippen LogP contribution in [-0.4, -0.2) is 10.9 Å². The largest absolute Gasteiger partial charge is 0.460 e. The quantitative estimate of drug-likeness (QED) is 0.400. The molecule has 2 aromatic carbocycles. The van der Waals surface area contributed by atoms with Gasteiger partial charge >= 0.3 is 5.97 Å². The monoisotopic (exact) mass is 391 g/mol. The zero-order valence-corrected chi connectivity index (χ0v) is 16.4. The van der Waals surface area contributed by atoms with E-state index in [2.05, 4.69) is 0 Å². The van der Waals surface area contributed by atoms with Crippen LogP contribution in [0.1, 0.15) is 49.7 Å². The number of rotatable bonds is 5. The summed E-state index contributed by atoms with van der Waals surface area (Å²) in [6, 6.07) is 16.9. The van der Waals surface area contributed by atoms with E-state index in [9.17, 15) is 14.9 Å². The van der Waals surface area contributed by atoms with Gasteiger partial charge in [-0.25, -0.2) is 0 Å². The molecule has 6 rings (SSSR count). The third kappa shape index (κ3) is 3.13. The predicted octanol–water partition coefficient (Wildman–Crippen LogP) is 5.18. The average molecular weight is 391 g/mol. The molecular formula is C24H25NO4. The molecule has 4 fully saturated rings. The molecule has 4 aliphatic rings. The zero-order chi connectivity index (χ0) is 20.1. The minimum Gasteiger partial charge on any atom is -0.460 e. The van der Waals surface area contributed by atoms with Gasteiger partial charge < -0.3 is 4.74 Å². The molecular weight excluding hydrogens is 366 g/mol. The van der Waals surface area contributed by atoms with Crippen LogP contribution in [0.3, 0.4) is 0 Å². The molecule has 2 aromatic rings. The summed E-state index contributed by atoms with van der Waals surface area (Å²) in [5.74, 6) is 1.02. The summed E-state index contributed by atoms with van der Waals surface area (Å²) >= 11 is 0. The highest BCUT2D eigenvalue weighted by molar-refractivity contribution is 5.78. The number of hydrogen-bond donors (Lipinski definition) is 0. The molecule has 2 atom stereocenters. The van der Waals surface area contributed by atoms with Crippen molar-refractivity contribution in [3.63, 3.8) is 0 Å². The summed E-state index contributed by atoms with van der Waals surface area (Å²) in [6.45, 7) is 0.321.